The Hall–Kier alpha value is -2.53. The first-order valence-corrected chi connectivity index (χ1v) is 7.16. The molecule has 1 heterocycles. The Bertz CT molecular complexity index is 828. The average Bonchev–Trinajstić information content (AvgIpc) is 2.56. The van der Waals surface area contributed by atoms with Crippen molar-refractivity contribution in [1.29, 1.82) is 0 Å². The van der Waals surface area contributed by atoms with E-state index in [1.807, 2.05) is 30.3 Å². The van der Waals surface area contributed by atoms with E-state index in [1.54, 1.807) is 0 Å². The molecule has 1 aromatic heterocycles. The lowest BCUT2D eigenvalue weighted by atomic mass is 10.1. The topological polar surface area (TPSA) is 35.0 Å². The first kappa shape index (κ1) is 15.4. The first-order valence-electron chi connectivity index (χ1n) is 6.78. The minimum atomic E-state index is -0.662. The summed E-state index contributed by atoms with van der Waals surface area (Å²) in [6.45, 7) is 0.220. The van der Waals surface area contributed by atoms with Crippen LogP contribution in [0.1, 0.15) is 5.56 Å². The van der Waals surface area contributed by atoms with Gasteiger partial charge in [-0.25, -0.2) is 18.7 Å². The molecule has 0 aliphatic heterocycles. The van der Waals surface area contributed by atoms with Gasteiger partial charge in [0.2, 0.25) is 5.28 Å². The monoisotopic (exact) mass is 332 g/mol. The Morgan fingerprint density at radius 1 is 1.04 bits per heavy atom. The minimum absolute atomic E-state index is 0.0342. The van der Waals surface area contributed by atoms with Gasteiger partial charge >= 0.3 is 0 Å². The van der Waals surface area contributed by atoms with Crippen LogP contribution in [-0.2, 0) is 6.61 Å². The van der Waals surface area contributed by atoms with E-state index in [0.717, 1.165) is 11.8 Å². The Morgan fingerprint density at radius 2 is 1.83 bits per heavy atom. The van der Waals surface area contributed by atoms with Crippen molar-refractivity contribution in [3.8, 4) is 17.0 Å². The summed E-state index contributed by atoms with van der Waals surface area (Å²) in [6.07, 6.45) is 0.967. The Labute approximate surface area is 136 Å². The minimum Gasteiger partial charge on any atom is -0.488 e. The number of ether oxygens (including phenoxy) is 1. The van der Waals surface area contributed by atoms with Gasteiger partial charge in [-0.1, -0.05) is 30.3 Å². The third kappa shape index (κ3) is 3.63. The molecule has 0 atom stereocenters. The van der Waals surface area contributed by atoms with Crippen LogP contribution in [0.15, 0.2) is 54.7 Å². The number of aromatic nitrogens is 2. The molecular weight excluding hydrogens is 322 g/mol. The summed E-state index contributed by atoms with van der Waals surface area (Å²) >= 11 is 5.72. The number of halogens is 3. The molecule has 116 valence electrons. The van der Waals surface area contributed by atoms with E-state index in [2.05, 4.69) is 9.97 Å². The van der Waals surface area contributed by atoms with E-state index in [-0.39, 0.29) is 23.3 Å². The lowest BCUT2D eigenvalue weighted by Crippen LogP contribution is -2.00. The smallest absolute Gasteiger partial charge is 0.223 e. The highest BCUT2D eigenvalue weighted by Gasteiger charge is 2.15. The number of hydrogen-bond donors (Lipinski definition) is 0. The predicted octanol–water partition coefficient (Wildman–Crippen LogP) is 4.65. The highest BCUT2D eigenvalue weighted by atomic mass is 35.5. The second kappa shape index (κ2) is 6.71. The molecular formula is C17H11ClF2N2O. The second-order valence-electron chi connectivity index (χ2n) is 4.75. The molecule has 0 bridgehead atoms. The van der Waals surface area contributed by atoms with Crippen LogP contribution in [0.5, 0.6) is 5.75 Å². The summed E-state index contributed by atoms with van der Waals surface area (Å²) in [5.74, 6) is -0.967. The van der Waals surface area contributed by atoms with Crippen molar-refractivity contribution < 1.29 is 13.5 Å². The Balaban J connectivity index is 1.96. The summed E-state index contributed by atoms with van der Waals surface area (Å²) in [5.41, 5.74) is 1.18. The van der Waals surface area contributed by atoms with Crippen molar-refractivity contribution in [1.82, 2.24) is 9.97 Å². The molecule has 0 saturated carbocycles. The zero-order chi connectivity index (χ0) is 16.2. The molecule has 0 saturated heterocycles. The quantitative estimate of drug-likeness (QED) is 0.652. The molecule has 23 heavy (non-hydrogen) atoms. The van der Waals surface area contributed by atoms with Gasteiger partial charge in [0.1, 0.15) is 23.9 Å². The molecule has 0 radical (unpaired) electrons. The van der Waals surface area contributed by atoms with E-state index in [1.165, 1.54) is 18.2 Å². The molecule has 0 unspecified atom stereocenters. The van der Waals surface area contributed by atoms with Gasteiger partial charge in [-0.15, -0.1) is 0 Å². The van der Waals surface area contributed by atoms with Crippen molar-refractivity contribution >= 4 is 11.6 Å². The summed E-state index contributed by atoms with van der Waals surface area (Å²) in [4.78, 5) is 7.44. The first-order chi connectivity index (χ1) is 11.1. The van der Waals surface area contributed by atoms with Gasteiger partial charge < -0.3 is 4.74 Å². The van der Waals surface area contributed by atoms with Crippen LogP contribution in [0.4, 0.5) is 8.78 Å². The zero-order valence-electron chi connectivity index (χ0n) is 11.8. The molecule has 0 amide bonds. The van der Waals surface area contributed by atoms with Crippen LogP contribution in [0.25, 0.3) is 11.3 Å². The summed E-state index contributed by atoms with van der Waals surface area (Å²) < 4.78 is 33.1. The number of hydrogen-bond acceptors (Lipinski definition) is 3. The van der Waals surface area contributed by atoms with Crippen molar-refractivity contribution in [2.45, 2.75) is 6.61 Å². The predicted molar refractivity (Wildman–Crippen MR) is 83.2 cm³/mol. The van der Waals surface area contributed by atoms with Gasteiger partial charge in [-0.3, -0.25) is 0 Å². The van der Waals surface area contributed by atoms with E-state index >= 15 is 0 Å². The fraction of sp³-hybridized carbons (Fsp3) is 0.0588. The molecule has 3 rings (SSSR count). The van der Waals surface area contributed by atoms with E-state index in [4.69, 9.17) is 16.3 Å². The molecule has 2 aromatic carbocycles. The Morgan fingerprint density at radius 3 is 2.61 bits per heavy atom. The normalized spacial score (nSPS) is 10.6. The highest BCUT2D eigenvalue weighted by molar-refractivity contribution is 6.28. The number of nitrogens with zero attached hydrogens (tertiary/aromatic N) is 2. The Kier molecular flexibility index (Phi) is 4.48. The largest absolute Gasteiger partial charge is 0.488 e. The van der Waals surface area contributed by atoms with Crippen molar-refractivity contribution in [2.75, 3.05) is 0 Å². The molecule has 0 spiro atoms. The third-order valence-corrected chi connectivity index (χ3v) is 3.33. The van der Waals surface area contributed by atoms with Gasteiger partial charge in [0.15, 0.2) is 5.82 Å². The second-order valence-corrected chi connectivity index (χ2v) is 5.09. The average molecular weight is 333 g/mol. The maximum Gasteiger partial charge on any atom is 0.223 e. The maximum atomic E-state index is 14.0. The molecule has 3 nitrogen and oxygen atoms in total. The van der Waals surface area contributed by atoms with Crippen LogP contribution >= 0.6 is 11.6 Å². The van der Waals surface area contributed by atoms with Crippen molar-refractivity contribution in [3.05, 3.63) is 77.2 Å². The van der Waals surface area contributed by atoms with E-state index < -0.39 is 11.6 Å². The van der Waals surface area contributed by atoms with Crippen LogP contribution in [-0.4, -0.2) is 9.97 Å². The summed E-state index contributed by atoms with van der Waals surface area (Å²) in [6, 6.07) is 13.2. The molecule has 0 N–H and O–H groups in total. The van der Waals surface area contributed by atoms with Gasteiger partial charge in [-0.05, 0) is 29.3 Å². The summed E-state index contributed by atoms with van der Waals surface area (Å²) in [5, 5.41) is -0.0975. The van der Waals surface area contributed by atoms with Gasteiger partial charge in [0.25, 0.3) is 0 Å². The van der Waals surface area contributed by atoms with Crippen molar-refractivity contribution in [2.24, 2.45) is 0 Å². The molecule has 0 aliphatic rings. The fourth-order valence-electron chi connectivity index (χ4n) is 2.08. The van der Waals surface area contributed by atoms with Crippen LogP contribution in [0, 0.1) is 11.6 Å². The zero-order valence-corrected chi connectivity index (χ0v) is 12.6. The summed E-state index contributed by atoms with van der Waals surface area (Å²) in [7, 11) is 0. The number of benzene rings is 2. The van der Waals surface area contributed by atoms with Gasteiger partial charge in [0.05, 0.1) is 6.20 Å². The van der Waals surface area contributed by atoms with E-state index in [0.29, 0.717) is 5.56 Å². The SMILES string of the molecule is Fc1ccc(-c2nc(Cl)ncc2F)c(OCc2ccccc2)c1. The van der Waals surface area contributed by atoms with Crippen molar-refractivity contribution in [3.63, 3.8) is 0 Å². The van der Waals surface area contributed by atoms with Gasteiger partial charge in [-0.2, -0.15) is 0 Å². The van der Waals surface area contributed by atoms with Crippen LogP contribution < -0.4 is 4.74 Å². The third-order valence-electron chi connectivity index (χ3n) is 3.15. The van der Waals surface area contributed by atoms with Crippen LogP contribution in [0.3, 0.4) is 0 Å². The standard InChI is InChI=1S/C17H11ClF2N2O/c18-17-21-9-14(20)16(22-17)13-7-6-12(19)8-15(13)23-10-11-4-2-1-3-5-11/h1-9H,10H2. The van der Waals surface area contributed by atoms with Gasteiger partial charge in [0, 0.05) is 11.6 Å². The molecule has 0 fully saturated rings. The lowest BCUT2D eigenvalue weighted by Gasteiger charge is -2.12. The molecule has 0 aliphatic carbocycles. The molecule has 6 heteroatoms. The lowest BCUT2D eigenvalue weighted by molar-refractivity contribution is 0.305. The maximum absolute atomic E-state index is 14.0. The fourth-order valence-corrected chi connectivity index (χ4v) is 2.21. The number of rotatable bonds is 4. The highest BCUT2D eigenvalue weighted by Crippen LogP contribution is 2.32. The van der Waals surface area contributed by atoms with Crippen LogP contribution in [0.2, 0.25) is 5.28 Å². The molecule has 3 aromatic rings. The van der Waals surface area contributed by atoms with E-state index in [9.17, 15) is 8.78 Å².